The van der Waals surface area contributed by atoms with Crippen molar-refractivity contribution in [1.82, 2.24) is 4.90 Å². The van der Waals surface area contributed by atoms with Crippen LogP contribution in [0.25, 0.3) is 10.8 Å². The Bertz CT molecular complexity index is 1240. The molecule has 7 nitrogen and oxygen atoms in total. The lowest BCUT2D eigenvalue weighted by atomic mass is 10.1. The molecule has 0 saturated carbocycles. The molecule has 1 heterocycles. The van der Waals surface area contributed by atoms with Gasteiger partial charge < -0.3 is 14.4 Å². The zero-order valence-corrected chi connectivity index (χ0v) is 18.4. The summed E-state index contributed by atoms with van der Waals surface area (Å²) in [5.74, 6) is 0.680. The van der Waals surface area contributed by atoms with Gasteiger partial charge in [-0.15, -0.1) is 0 Å². The number of carbonyl (C=O) groups excluding carboxylic acids is 1. The Morgan fingerprint density at radius 2 is 1.74 bits per heavy atom. The minimum Gasteiger partial charge on any atom is -0.493 e. The van der Waals surface area contributed by atoms with Gasteiger partial charge in [0, 0.05) is 24.9 Å². The van der Waals surface area contributed by atoms with Crippen molar-refractivity contribution < 1.29 is 22.7 Å². The first kappa shape index (κ1) is 21.0. The SMILES string of the molecule is CCOc1ccc(S(=O)(=O)N2C[C@@H](C(=O)N(C)C)Oc3ccccc32)c2ccccc12. The van der Waals surface area contributed by atoms with Crippen LogP contribution in [-0.4, -0.2) is 52.6 Å². The Kier molecular flexibility index (Phi) is 5.49. The molecular formula is C23H24N2O5S. The number of hydrogen-bond donors (Lipinski definition) is 0. The van der Waals surface area contributed by atoms with E-state index in [0.717, 1.165) is 0 Å². The van der Waals surface area contributed by atoms with Crippen LogP contribution in [0.3, 0.4) is 0 Å². The molecule has 0 aromatic heterocycles. The van der Waals surface area contributed by atoms with Crippen molar-refractivity contribution in [3.63, 3.8) is 0 Å². The van der Waals surface area contributed by atoms with Crippen LogP contribution in [0.2, 0.25) is 0 Å². The molecule has 31 heavy (non-hydrogen) atoms. The predicted molar refractivity (Wildman–Crippen MR) is 119 cm³/mol. The van der Waals surface area contributed by atoms with Crippen molar-refractivity contribution in [2.24, 2.45) is 0 Å². The third kappa shape index (κ3) is 3.67. The first-order valence-electron chi connectivity index (χ1n) is 9.98. The monoisotopic (exact) mass is 440 g/mol. The number of anilines is 1. The first-order chi connectivity index (χ1) is 14.8. The molecule has 0 unspecified atom stereocenters. The van der Waals surface area contributed by atoms with Crippen molar-refractivity contribution >= 4 is 32.4 Å². The van der Waals surface area contributed by atoms with Gasteiger partial charge >= 0.3 is 0 Å². The number of hydrogen-bond acceptors (Lipinski definition) is 5. The lowest BCUT2D eigenvalue weighted by Gasteiger charge is -2.35. The second-order valence-electron chi connectivity index (χ2n) is 7.38. The van der Waals surface area contributed by atoms with Gasteiger partial charge in [-0.1, -0.05) is 36.4 Å². The fourth-order valence-corrected chi connectivity index (χ4v) is 5.39. The minimum atomic E-state index is -4.00. The quantitative estimate of drug-likeness (QED) is 0.609. The Balaban J connectivity index is 1.87. The average Bonchev–Trinajstić information content (AvgIpc) is 2.78. The second kappa shape index (κ2) is 8.11. The first-order valence-corrected chi connectivity index (χ1v) is 11.4. The Morgan fingerprint density at radius 3 is 2.45 bits per heavy atom. The smallest absolute Gasteiger partial charge is 0.265 e. The Labute approximate surface area is 181 Å². The van der Waals surface area contributed by atoms with E-state index in [2.05, 4.69) is 0 Å². The maximum atomic E-state index is 13.9. The van der Waals surface area contributed by atoms with Crippen LogP contribution in [0.4, 0.5) is 5.69 Å². The van der Waals surface area contributed by atoms with Gasteiger partial charge in [0.05, 0.1) is 23.7 Å². The highest BCUT2D eigenvalue weighted by Gasteiger charge is 2.38. The number of sulfonamides is 1. The highest BCUT2D eigenvalue weighted by atomic mass is 32.2. The van der Waals surface area contributed by atoms with E-state index in [1.54, 1.807) is 62.6 Å². The largest absolute Gasteiger partial charge is 0.493 e. The lowest BCUT2D eigenvalue weighted by molar-refractivity contribution is -0.135. The van der Waals surface area contributed by atoms with E-state index in [-0.39, 0.29) is 17.3 Å². The molecule has 0 bridgehead atoms. The molecule has 3 aromatic rings. The van der Waals surface area contributed by atoms with Crippen molar-refractivity contribution in [2.75, 3.05) is 31.6 Å². The number of ether oxygens (including phenoxy) is 2. The van der Waals surface area contributed by atoms with Crippen LogP contribution in [0.5, 0.6) is 11.5 Å². The van der Waals surface area contributed by atoms with Crippen molar-refractivity contribution in [3.8, 4) is 11.5 Å². The topological polar surface area (TPSA) is 76.2 Å². The highest BCUT2D eigenvalue weighted by Crippen LogP contribution is 2.39. The van der Waals surface area contributed by atoms with Crippen molar-refractivity contribution in [3.05, 3.63) is 60.7 Å². The Hall–Kier alpha value is -3.26. The molecule has 0 spiro atoms. The number of carbonyl (C=O) groups is 1. The maximum absolute atomic E-state index is 13.9. The van der Waals surface area contributed by atoms with E-state index in [9.17, 15) is 13.2 Å². The van der Waals surface area contributed by atoms with E-state index in [1.807, 2.05) is 19.1 Å². The van der Waals surface area contributed by atoms with Crippen molar-refractivity contribution in [1.29, 1.82) is 0 Å². The van der Waals surface area contributed by atoms with E-state index >= 15 is 0 Å². The normalized spacial score (nSPS) is 15.8. The van der Waals surface area contributed by atoms with Gasteiger partial charge in [-0.25, -0.2) is 8.42 Å². The zero-order chi connectivity index (χ0) is 22.2. The number of likely N-dealkylation sites (N-methyl/N-ethyl adjacent to an activating group) is 1. The number of para-hydroxylation sites is 2. The Morgan fingerprint density at radius 1 is 1.06 bits per heavy atom. The molecule has 0 saturated heterocycles. The summed E-state index contributed by atoms with van der Waals surface area (Å²) in [6.45, 7) is 2.24. The van der Waals surface area contributed by atoms with E-state index in [1.165, 1.54) is 9.21 Å². The van der Waals surface area contributed by atoms with Crippen molar-refractivity contribution in [2.45, 2.75) is 17.9 Å². The van der Waals surface area contributed by atoms with Gasteiger partial charge in [-0.3, -0.25) is 9.10 Å². The van der Waals surface area contributed by atoms with Crippen LogP contribution in [-0.2, 0) is 14.8 Å². The summed E-state index contributed by atoms with van der Waals surface area (Å²) in [7, 11) is -0.767. The summed E-state index contributed by atoms with van der Waals surface area (Å²) in [4.78, 5) is 14.2. The molecule has 4 rings (SSSR count). The second-order valence-corrected chi connectivity index (χ2v) is 9.21. The van der Waals surface area contributed by atoms with Gasteiger partial charge in [-0.05, 0) is 31.2 Å². The van der Waals surface area contributed by atoms with E-state index in [0.29, 0.717) is 34.6 Å². The van der Waals surface area contributed by atoms with Crippen LogP contribution >= 0.6 is 0 Å². The van der Waals surface area contributed by atoms with Gasteiger partial charge in [0.25, 0.3) is 15.9 Å². The average molecular weight is 441 g/mol. The molecule has 1 aliphatic rings. The number of benzene rings is 3. The third-order valence-electron chi connectivity index (χ3n) is 5.16. The summed E-state index contributed by atoms with van der Waals surface area (Å²) >= 11 is 0. The minimum absolute atomic E-state index is 0.113. The number of nitrogens with zero attached hydrogens (tertiary/aromatic N) is 2. The predicted octanol–water partition coefficient (Wildman–Crippen LogP) is 3.28. The maximum Gasteiger partial charge on any atom is 0.265 e. The fraction of sp³-hybridized carbons (Fsp3) is 0.261. The molecule has 1 atom stereocenters. The lowest BCUT2D eigenvalue weighted by Crippen LogP contribution is -2.50. The highest BCUT2D eigenvalue weighted by molar-refractivity contribution is 7.93. The molecular weight excluding hydrogens is 416 g/mol. The fourth-order valence-electron chi connectivity index (χ4n) is 3.72. The van der Waals surface area contributed by atoms with E-state index < -0.39 is 16.1 Å². The van der Waals surface area contributed by atoms with Crippen LogP contribution in [0.1, 0.15) is 6.92 Å². The van der Waals surface area contributed by atoms with Gasteiger partial charge in [0.2, 0.25) is 0 Å². The molecule has 0 aliphatic carbocycles. The van der Waals surface area contributed by atoms with Gasteiger partial charge in [-0.2, -0.15) is 0 Å². The molecule has 8 heteroatoms. The molecule has 0 N–H and O–H groups in total. The van der Waals surface area contributed by atoms with Crippen LogP contribution in [0, 0.1) is 0 Å². The number of fused-ring (bicyclic) bond motifs is 2. The summed E-state index contributed by atoms with van der Waals surface area (Å²) in [5, 5.41) is 1.28. The summed E-state index contributed by atoms with van der Waals surface area (Å²) in [6, 6.07) is 17.3. The zero-order valence-electron chi connectivity index (χ0n) is 17.6. The summed E-state index contributed by atoms with van der Waals surface area (Å²) in [6.07, 6.45) is -0.936. The summed E-state index contributed by atoms with van der Waals surface area (Å²) < 4.78 is 40.5. The molecule has 1 aliphatic heterocycles. The standard InChI is InChI=1S/C23H24N2O5S/c1-4-29-19-13-14-22(17-10-6-5-9-16(17)19)31(27,28)25-15-21(23(26)24(2)3)30-20-12-8-7-11-18(20)25/h5-14,21H,4,15H2,1-3H3/t21-/m0/s1. The number of rotatable bonds is 5. The van der Waals surface area contributed by atoms with Crippen LogP contribution in [0.15, 0.2) is 65.6 Å². The van der Waals surface area contributed by atoms with E-state index in [4.69, 9.17) is 9.47 Å². The molecule has 3 aromatic carbocycles. The number of amides is 1. The van der Waals surface area contributed by atoms with Gasteiger partial charge in [0.1, 0.15) is 11.5 Å². The molecule has 0 fully saturated rings. The van der Waals surface area contributed by atoms with Gasteiger partial charge in [0.15, 0.2) is 6.10 Å². The molecule has 162 valence electrons. The molecule has 1 amide bonds. The summed E-state index contributed by atoms with van der Waals surface area (Å²) in [5.41, 5.74) is 0.406. The third-order valence-corrected chi connectivity index (χ3v) is 7.00. The molecule has 0 radical (unpaired) electrons. The van der Waals surface area contributed by atoms with Crippen LogP contribution < -0.4 is 13.8 Å².